The molecule has 0 saturated heterocycles. The van der Waals surface area contributed by atoms with E-state index in [0.29, 0.717) is 12.8 Å². The fraction of sp³-hybridized carbons (Fsp3) is 0.611. The first kappa shape index (κ1) is 22.2. The molecule has 2 rings (SSSR count). The molecule has 1 aliphatic carbocycles. The number of carbonyl (C=O) groups excluding carboxylic acids is 1. The highest BCUT2D eigenvalue weighted by Gasteiger charge is 2.41. The van der Waals surface area contributed by atoms with Crippen molar-refractivity contribution in [2.45, 2.75) is 70.7 Å². The molecule has 26 heavy (non-hydrogen) atoms. The van der Waals surface area contributed by atoms with E-state index in [-0.39, 0.29) is 42.4 Å². The van der Waals surface area contributed by atoms with Gasteiger partial charge >= 0.3 is 0 Å². The average Bonchev–Trinajstić information content (AvgIpc) is 2.54. The van der Waals surface area contributed by atoms with Crippen molar-refractivity contribution in [1.82, 2.24) is 0 Å². The van der Waals surface area contributed by atoms with Crippen LogP contribution in [0.25, 0.3) is 0 Å². The molecule has 3 nitrogen and oxygen atoms in total. The summed E-state index contributed by atoms with van der Waals surface area (Å²) in [5, 5.41) is 0.497. The molecule has 8 heteroatoms. The Morgan fingerprint density at radius 1 is 0.923 bits per heavy atom. The number of carbonyl (C=O) groups is 1. The van der Waals surface area contributed by atoms with E-state index < -0.39 is 14.4 Å². The van der Waals surface area contributed by atoms with Gasteiger partial charge < -0.3 is 9.16 Å². The van der Waals surface area contributed by atoms with Crippen LogP contribution in [-0.2, 0) is 4.79 Å². The van der Waals surface area contributed by atoms with E-state index in [9.17, 15) is 4.79 Å². The Kier molecular flexibility index (Phi) is 6.89. The van der Waals surface area contributed by atoms with Crippen LogP contribution >= 0.6 is 46.4 Å². The molecule has 0 amide bonds. The summed E-state index contributed by atoms with van der Waals surface area (Å²) in [6.45, 7) is 10.5. The molecule has 0 aliphatic heterocycles. The second-order valence-corrected chi connectivity index (χ2v) is 14.3. The number of ether oxygens (including phenoxy) is 1. The molecule has 1 aromatic carbocycles. The molecular weight excluding hydrogens is 434 g/mol. The van der Waals surface area contributed by atoms with E-state index in [1.54, 1.807) is 0 Å². The molecule has 1 aromatic rings. The van der Waals surface area contributed by atoms with E-state index in [4.69, 9.17) is 55.6 Å². The second-order valence-electron chi connectivity index (χ2n) is 8.10. The van der Waals surface area contributed by atoms with Gasteiger partial charge in [0, 0.05) is 6.42 Å². The van der Waals surface area contributed by atoms with Crippen molar-refractivity contribution in [2.75, 3.05) is 0 Å². The van der Waals surface area contributed by atoms with Crippen molar-refractivity contribution in [3.63, 3.8) is 0 Å². The topological polar surface area (TPSA) is 35.5 Å². The zero-order valence-electron chi connectivity index (χ0n) is 15.6. The van der Waals surface area contributed by atoms with Crippen LogP contribution in [0.15, 0.2) is 0 Å². The molecule has 1 fully saturated rings. The summed E-state index contributed by atoms with van der Waals surface area (Å²) in [5.74, 6) is 0.459. The number of rotatable bonds is 4. The van der Waals surface area contributed by atoms with Gasteiger partial charge in [0.1, 0.15) is 25.8 Å². The minimum absolute atomic E-state index is 0.0391. The van der Waals surface area contributed by atoms with Gasteiger partial charge in [-0.15, -0.1) is 0 Å². The summed E-state index contributed by atoms with van der Waals surface area (Å²) in [4.78, 5) is 12.1. The van der Waals surface area contributed by atoms with Gasteiger partial charge in [0.05, 0.1) is 0 Å². The Labute approximate surface area is 176 Å². The first-order valence-corrected chi connectivity index (χ1v) is 13.0. The predicted molar refractivity (Wildman–Crippen MR) is 112 cm³/mol. The summed E-state index contributed by atoms with van der Waals surface area (Å²) in [5.41, 5.74) is 0. The van der Waals surface area contributed by atoms with E-state index in [2.05, 4.69) is 33.9 Å². The molecule has 0 heterocycles. The summed E-state index contributed by atoms with van der Waals surface area (Å²) in [6.07, 6.45) is 2.34. The third kappa shape index (κ3) is 4.47. The van der Waals surface area contributed by atoms with E-state index in [1.165, 1.54) is 0 Å². The normalized spacial score (nSPS) is 18.8. The van der Waals surface area contributed by atoms with Crippen LogP contribution in [0.4, 0.5) is 0 Å². The van der Waals surface area contributed by atoms with Crippen LogP contribution in [0, 0.1) is 0 Å². The quantitative estimate of drug-likeness (QED) is 0.345. The van der Waals surface area contributed by atoms with E-state index in [0.717, 1.165) is 12.8 Å². The predicted octanol–water partition coefficient (Wildman–Crippen LogP) is 7.57. The van der Waals surface area contributed by atoms with Crippen molar-refractivity contribution in [1.29, 1.82) is 0 Å². The monoisotopic (exact) mass is 456 g/mol. The van der Waals surface area contributed by atoms with Gasteiger partial charge in [0.25, 0.3) is 8.32 Å². The first-order valence-electron chi connectivity index (χ1n) is 8.61. The third-order valence-corrected chi connectivity index (χ3v) is 11.1. The number of Topliss-reactive ketones (excluding diaryl/α,β-unsaturated/α-hetero) is 1. The summed E-state index contributed by atoms with van der Waals surface area (Å²) >= 11 is 25.7. The second kappa shape index (κ2) is 8.08. The van der Waals surface area contributed by atoms with Crippen LogP contribution < -0.4 is 9.16 Å². The van der Waals surface area contributed by atoms with Gasteiger partial charge in [-0.3, -0.25) is 4.79 Å². The van der Waals surface area contributed by atoms with Crippen molar-refractivity contribution >= 4 is 60.5 Å². The minimum Gasteiger partial charge on any atom is -0.541 e. The standard InChI is InChI=1S/C18H24Cl4O3Si/c1-18(2,3)26(4,5)25-17-14(21)12(19)16(13(20)15(17)22)24-11-9-7-6-8-10(11)23/h11H,6-9H2,1-5H3. The Bertz CT molecular complexity index is 684. The van der Waals surface area contributed by atoms with Gasteiger partial charge in [0.2, 0.25) is 0 Å². The van der Waals surface area contributed by atoms with Crippen LogP contribution in [0.5, 0.6) is 11.5 Å². The first-order chi connectivity index (χ1) is 11.9. The fourth-order valence-electron chi connectivity index (χ4n) is 2.41. The van der Waals surface area contributed by atoms with Crippen LogP contribution in [0.2, 0.25) is 38.2 Å². The molecule has 0 aromatic heterocycles. The number of hydrogen-bond donors (Lipinski definition) is 0. The number of halogens is 4. The Morgan fingerprint density at radius 3 is 1.88 bits per heavy atom. The van der Waals surface area contributed by atoms with Gasteiger partial charge in [0.15, 0.2) is 17.6 Å². The van der Waals surface area contributed by atoms with Gasteiger partial charge in [-0.1, -0.05) is 67.2 Å². The molecule has 1 aliphatic rings. The van der Waals surface area contributed by atoms with Crippen molar-refractivity contribution < 1.29 is 14.0 Å². The maximum absolute atomic E-state index is 12.1. The number of ketones is 1. The van der Waals surface area contributed by atoms with Crippen LogP contribution in [0.3, 0.4) is 0 Å². The molecule has 1 saturated carbocycles. The summed E-state index contributed by atoms with van der Waals surface area (Å²) < 4.78 is 12.1. The third-order valence-electron chi connectivity index (χ3n) is 5.10. The SMILES string of the molecule is CC(C)(C)[Si](C)(C)Oc1c(Cl)c(Cl)c(OC2CCCCC2=O)c(Cl)c1Cl. The lowest BCUT2D eigenvalue weighted by Crippen LogP contribution is -2.44. The van der Waals surface area contributed by atoms with Crippen molar-refractivity contribution in [3.05, 3.63) is 20.1 Å². The van der Waals surface area contributed by atoms with E-state index in [1.807, 2.05) is 0 Å². The molecule has 1 atom stereocenters. The van der Waals surface area contributed by atoms with E-state index >= 15 is 0 Å². The fourth-order valence-corrected chi connectivity index (χ4v) is 4.54. The molecule has 0 bridgehead atoms. The Morgan fingerprint density at radius 2 is 1.42 bits per heavy atom. The molecule has 1 unspecified atom stereocenters. The lowest BCUT2D eigenvalue weighted by Gasteiger charge is -2.37. The zero-order valence-corrected chi connectivity index (χ0v) is 19.7. The Balaban J connectivity index is 2.42. The molecule has 0 spiro atoms. The Hall–Kier alpha value is -0.133. The zero-order chi connectivity index (χ0) is 19.9. The lowest BCUT2D eigenvalue weighted by molar-refractivity contribution is -0.127. The summed E-state index contributed by atoms with van der Waals surface area (Å²) in [7, 11) is -2.21. The van der Waals surface area contributed by atoms with Crippen molar-refractivity contribution in [3.8, 4) is 11.5 Å². The lowest BCUT2D eigenvalue weighted by atomic mass is 9.96. The largest absolute Gasteiger partial charge is 0.541 e. The smallest absolute Gasteiger partial charge is 0.250 e. The average molecular weight is 458 g/mol. The van der Waals surface area contributed by atoms with Gasteiger partial charge in [-0.05, 0) is 37.4 Å². The van der Waals surface area contributed by atoms with Crippen LogP contribution in [0.1, 0.15) is 46.5 Å². The maximum Gasteiger partial charge on any atom is 0.250 e. The highest BCUT2D eigenvalue weighted by molar-refractivity contribution is 6.75. The van der Waals surface area contributed by atoms with Gasteiger partial charge in [-0.25, -0.2) is 0 Å². The number of benzene rings is 1. The highest BCUT2D eigenvalue weighted by Crippen LogP contribution is 2.52. The molecule has 0 N–H and O–H groups in total. The molecule has 146 valence electrons. The molecular formula is C18H24Cl4O3Si. The molecule has 0 radical (unpaired) electrons. The number of hydrogen-bond acceptors (Lipinski definition) is 3. The maximum atomic E-state index is 12.1. The summed E-state index contributed by atoms with van der Waals surface area (Å²) in [6, 6.07) is 0. The van der Waals surface area contributed by atoms with Gasteiger partial charge in [-0.2, -0.15) is 0 Å². The minimum atomic E-state index is -2.21. The van der Waals surface area contributed by atoms with Crippen LogP contribution in [-0.4, -0.2) is 20.2 Å². The van der Waals surface area contributed by atoms with Crippen molar-refractivity contribution in [2.24, 2.45) is 0 Å². The highest BCUT2D eigenvalue weighted by atomic mass is 35.5.